The van der Waals surface area contributed by atoms with Gasteiger partial charge in [-0.1, -0.05) is 32.0 Å². The van der Waals surface area contributed by atoms with E-state index in [2.05, 4.69) is 55.5 Å². The van der Waals surface area contributed by atoms with Gasteiger partial charge in [0.1, 0.15) is 18.0 Å². The predicted molar refractivity (Wildman–Crippen MR) is 142 cm³/mol. The molecule has 3 heterocycles. The number of pyridine rings is 1. The summed E-state index contributed by atoms with van der Waals surface area (Å²) >= 11 is 4.90. The molecule has 3 atom stereocenters. The molecule has 2 N–H and O–H groups in total. The van der Waals surface area contributed by atoms with E-state index in [0.717, 1.165) is 33.5 Å². The van der Waals surface area contributed by atoms with E-state index in [4.69, 9.17) is 12.6 Å². The van der Waals surface area contributed by atoms with Gasteiger partial charge >= 0.3 is 0 Å². The highest BCUT2D eigenvalue weighted by molar-refractivity contribution is 7.81. The molecule has 0 aliphatic carbocycles. The second kappa shape index (κ2) is 10.8. The van der Waals surface area contributed by atoms with Crippen molar-refractivity contribution in [2.75, 3.05) is 18.9 Å². The summed E-state index contributed by atoms with van der Waals surface area (Å²) in [6.07, 6.45) is 6.74. The highest BCUT2D eigenvalue weighted by atomic mass is 32.1. The molecule has 1 amide bonds. The van der Waals surface area contributed by atoms with E-state index in [-0.39, 0.29) is 23.0 Å². The van der Waals surface area contributed by atoms with Crippen LogP contribution in [0.2, 0.25) is 0 Å². The average Bonchev–Trinajstić information content (AvgIpc) is 2.90. The minimum Gasteiger partial charge on any atom is -0.369 e. The van der Waals surface area contributed by atoms with E-state index in [1.165, 1.54) is 6.33 Å². The summed E-state index contributed by atoms with van der Waals surface area (Å²) in [4.78, 5) is 34.1. The van der Waals surface area contributed by atoms with Crippen LogP contribution in [-0.4, -0.2) is 49.7 Å². The number of benzene rings is 1. The highest BCUT2D eigenvalue weighted by Gasteiger charge is 2.24. The van der Waals surface area contributed by atoms with Crippen molar-refractivity contribution >= 4 is 35.3 Å². The van der Waals surface area contributed by atoms with Gasteiger partial charge in [-0.3, -0.25) is 9.78 Å². The third-order valence-electron chi connectivity index (χ3n) is 6.40. The van der Waals surface area contributed by atoms with E-state index in [1.54, 1.807) is 31.7 Å². The van der Waals surface area contributed by atoms with Crippen LogP contribution in [0.1, 0.15) is 41.5 Å². The summed E-state index contributed by atoms with van der Waals surface area (Å²) in [5.74, 6) is 1.70. The zero-order chi connectivity index (χ0) is 24.9. The smallest absolute Gasteiger partial charge is 0.251 e. The number of carbonyl (C=O) groups excluding carboxylic acids is 1. The molecule has 0 fully saturated rings. The molecule has 4 aromatic rings. The molecule has 0 bridgehead atoms. The normalized spacial score (nSPS) is 13.7. The lowest BCUT2D eigenvalue weighted by atomic mass is 9.85. The monoisotopic (exact) mass is 487 g/mol. The van der Waals surface area contributed by atoms with Crippen LogP contribution in [0.3, 0.4) is 0 Å². The van der Waals surface area contributed by atoms with Gasteiger partial charge in [0.15, 0.2) is 0 Å². The standard InChI is InChI=1S/C26H29N7OS/c1-15(19-6-5-7-20-21(26(34)27-4)8-9-28-25(19)20)16(2)23(35)13-31-24-10-22(32-14-33-24)18-11-29-17(3)30-12-18/h5-12,14-16,23,35H,13H2,1-4H3,(H,27,34)(H,31,32,33)/t15?,16-,23?/m0/s1. The topological polar surface area (TPSA) is 106 Å². The minimum absolute atomic E-state index is 0.0449. The van der Waals surface area contributed by atoms with Gasteiger partial charge < -0.3 is 10.6 Å². The first-order chi connectivity index (χ1) is 16.9. The van der Waals surface area contributed by atoms with Gasteiger partial charge in [0.05, 0.1) is 16.8 Å². The Balaban J connectivity index is 1.48. The van der Waals surface area contributed by atoms with Crippen LogP contribution < -0.4 is 10.6 Å². The molecule has 35 heavy (non-hydrogen) atoms. The molecule has 2 unspecified atom stereocenters. The quantitative estimate of drug-likeness (QED) is 0.318. The van der Waals surface area contributed by atoms with Crippen molar-refractivity contribution in [1.82, 2.24) is 30.2 Å². The number of hydrogen-bond donors (Lipinski definition) is 3. The van der Waals surface area contributed by atoms with Gasteiger partial charge in [0.25, 0.3) is 5.91 Å². The number of anilines is 1. The number of aromatic nitrogens is 5. The fraction of sp³-hybridized carbons (Fsp3) is 0.308. The first-order valence-corrected chi connectivity index (χ1v) is 12.0. The number of thiol groups is 1. The number of rotatable bonds is 8. The Kier molecular flexibility index (Phi) is 7.55. The summed E-state index contributed by atoms with van der Waals surface area (Å²) in [5.41, 5.74) is 4.17. The number of hydrogen-bond acceptors (Lipinski definition) is 8. The van der Waals surface area contributed by atoms with Gasteiger partial charge in [-0.15, -0.1) is 0 Å². The molecule has 9 heteroatoms. The Morgan fingerprint density at radius 1 is 1.06 bits per heavy atom. The molecule has 0 saturated carbocycles. The molecular formula is C26H29N7OS. The summed E-state index contributed by atoms with van der Waals surface area (Å²) in [5, 5.41) is 6.99. The van der Waals surface area contributed by atoms with Gasteiger partial charge in [-0.05, 0) is 30.4 Å². The molecule has 0 saturated heterocycles. The van der Waals surface area contributed by atoms with E-state index in [9.17, 15) is 4.79 Å². The van der Waals surface area contributed by atoms with Crippen LogP contribution in [0.4, 0.5) is 5.82 Å². The van der Waals surface area contributed by atoms with E-state index in [1.807, 2.05) is 25.1 Å². The van der Waals surface area contributed by atoms with Crippen molar-refractivity contribution in [1.29, 1.82) is 0 Å². The van der Waals surface area contributed by atoms with E-state index >= 15 is 0 Å². The second-order valence-corrected chi connectivity index (χ2v) is 9.25. The maximum atomic E-state index is 12.3. The van der Waals surface area contributed by atoms with Crippen LogP contribution >= 0.6 is 12.6 Å². The SMILES string of the molecule is CNC(=O)c1ccnc2c(C(C)[C@H](C)C(S)CNc3cc(-c4cnc(C)nc4)ncn3)cccc12. The molecule has 1 aromatic carbocycles. The number of para-hydroxylation sites is 1. The molecule has 0 aliphatic heterocycles. The number of nitrogens with one attached hydrogen (secondary N) is 2. The van der Waals surface area contributed by atoms with E-state index < -0.39 is 0 Å². The molecule has 8 nitrogen and oxygen atoms in total. The zero-order valence-electron chi connectivity index (χ0n) is 20.2. The lowest BCUT2D eigenvalue weighted by Crippen LogP contribution is -2.26. The number of carbonyl (C=O) groups is 1. The molecule has 0 spiro atoms. The minimum atomic E-state index is -0.118. The van der Waals surface area contributed by atoms with Crippen molar-refractivity contribution in [3.8, 4) is 11.3 Å². The summed E-state index contributed by atoms with van der Waals surface area (Å²) in [6.45, 7) is 6.83. The fourth-order valence-corrected chi connectivity index (χ4v) is 4.40. The molecular weight excluding hydrogens is 458 g/mol. The maximum Gasteiger partial charge on any atom is 0.251 e. The Bertz CT molecular complexity index is 1330. The van der Waals surface area contributed by atoms with Crippen LogP contribution in [0.15, 0.2) is 55.2 Å². The summed E-state index contributed by atoms with van der Waals surface area (Å²) < 4.78 is 0. The molecule has 0 aliphatic rings. The summed E-state index contributed by atoms with van der Waals surface area (Å²) in [7, 11) is 1.64. The van der Waals surface area contributed by atoms with Crippen LogP contribution in [-0.2, 0) is 0 Å². The van der Waals surface area contributed by atoms with Crippen LogP contribution in [0, 0.1) is 12.8 Å². The lowest BCUT2D eigenvalue weighted by Gasteiger charge is -2.27. The first-order valence-electron chi connectivity index (χ1n) is 11.5. The molecule has 4 rings (SSSR count). The van der Waals surface area contributed by atoms with Gasteiger partial charge in [-0.25, -0.2) is 19.9 Å². The largest absolute Gasteiger partial charge is 0.369 e. The predicted octanol–water partition coefficient (Wildman–Crippen LogP) is 4.30. The Labute approximate surface area is 210 Å². The Hall–Kier alpha value is -3.59. The van der Waals surface area contributed by atoms with Gasteiger partial charge in [-0.2, -0.15) is 12.6 Å². The van der Waals surface area contributed by atoms with E-state index in [0.29, 0.717) is 17.9 Å². The van der Waals surface area contributed by atoms with Crippen molar-refractivity contribution in [2.45, 2.75) is 31.9 Å². The molecule has 0 radical (unpaired) electrons. The van der Waals surface area contributed by atoms with Crippen LogP contribution in [0.25, 0.3) is 22.2 Å². The second-order valence-electron chi connectivity index (χ2n) is 8.58. The maximum absolute atomic E-state index is 12.3. The van der Waals surface area contributed by atoms with Crippen molar-refractivity contribution in [2.24, 2.45) is 5.92 Å². The first kappa shape index (κ1) is 24.5. The number of fused-ring (bicyclic) bond motifs is 1. The fourth-order valence-electron chi connectivity index (χ4n) is 4.05. The molecule has 180 valence electrons. The third-order valence-corrected chi connectivity index (χ3v) is 7.05. The average molecular weight is 488 g/mol. The number of nitrogens with zero attached hydrogens (tertiary/aromatic N) is 5. The highest BCUT2D eigenvalue weighted by Crippen LogP contribution is 2.33. The molecule has 3 aromatic heterocycles. The van der Waals surface area contributed by atoms with Crippen molar-refractivity contribution < 1.29 is 4.79 Å². The Morgan fingerprint density at radius 3 is 2.57 bits per heavy atom. The lowest BCUT2D eigenvalue weighted by molar-refractivity contribution is 0.0964. The van der Waals surface area contributed by atoms with Crippen molar-refractivity contribution in [3.63, 3.8) is 0 Å². The van der Waals surface area contributed by atoms with Crippen molar-refractivity contribution in [3.05, 3.63) is 72.2 Å². The van der Waals surface area contributed by atoms with Gasteiger partial charge in [0, 0.05) is 54.4 Å². The zero-order valence-corrected chi connectivity index (χ0v) is 21.1. The van der Waals surface area contributed by atoms with Gasteiger partial charge in [0.2, 0.25) is 0 Å². The summed E-state index contributed by atoms with van der Waals surface area (Å²) in [6, 6.07) is 9.65. The number of amides is 1. The third kappa shape index (κ3) is 5.40. The Morgan fingerprint density at radius 2 is 1.83 bits per heavy atom. The number of aryl methyl sites for hydroxylation is 1. The van der Waals surface area contributed by atoms with Crippen LogP contribution in [0.5, 0.6) is 0 Å².